The maximum Gasteiger partial charge on any atom is 0.258 e. The van der Waals surface area contributed by atoms with Crippen molar-refractivity contribution in [2.45, 2.75) is 0 Å². The molecule has 90 valence electrons. The SMILES string of the molecule is N#Cc1cn[nH]c1NC(=O)c1cnc(Cl)c(Cl)c1. The number of rotatable bonds is 2. The Hall–Kier alpha value is -2.10. The lowest BCUT2D eigenvalue weighted by Crippen LogP contribution is -2.13. The highest BCUT2D eigenvalue weighted by Gasteiger charge is 2.12. The number of carbonyl (C=O) groups is 1. The first kappa shape index (κ1) is 12.4. The fraction of sp³-hybridized carbons (Fsp3) is 0. The highest BCUT2D eigenvalue weighted by atomic mass is 35.5. The monoisotopic (exact) mass is 281 g/mol. The number of aromatic amines is 1. The normalized spacial score (nSPS) is 9.83. The first-order valence-electron chi connectivity index (χ1n) is 4.67. The molecule has 0 atom stereocenters. The Morgan fingerprint density at radius 1 is 1.44 bits per heavy atom. The molecule has 0 fully saturated rings. The molecule has 0 bridgehead atoms. The number of hydrogen-bond donors (Lipinski definition) is 2. The van der Waals surface area contributed by atoms with E-state index in [1.54, 1.807) is 0 Å². The lowest BCUT2D eigenvalue weighted by atomic mass is 10.2. The maximum atomic E-state index is 11.8. The molecule has 2 heterocycles. The zero-order valence-corrected chi connectivity index (χ0v) is 10.2. The van der Waals surface area contributed by atoms with Crippen LogP contribution in [0.2, 0.25) is 10.2 Å². The van der Waals surface area contributed by atoms with E-state index in [0.29, 0.717) is 0 Å². The molecule has 0 spiro atoms. The van der Waals surface area contributed by atoms with Gasteiger partial charge in [-0.2, -0.15) is 10.4 Å². The molecule has 2 N–H and O–H groups in total. The number of aromatic nitrogens is 3. The van der Waals surface area contributed by atoms with E-state index >= 15 is 0 Å². The van der Waals surface area contributed by atoms with Gasteiger partial charge < -0.3 is 5.32 Å². The van der Waals surface area contributed by atoms with Crippen molar-refractivity contribution in [2.75, 3.05) is 5.32 Å². The van der Waals surface area contributed by atoms with Crippen LogP contribution in [0.1, 0.15) is 15.9 Å². The Kier molecular flexibility index (Phi) is 3.46. The molecule has 2 aromatic rings. The number of nitrogens with one attached hydrogen (secondary N) is 2. The van der Waals surface area contributed by atoms with Crippen LogP contribution in [0.3, 0.4) is 0 Å². The molecule has 1 amide bonds. The number of nitriles is 1. The summed E-state index contributed by atoms with van der Waals surface area (Å²) in [5.74, 6) is -0.254. The topological polar surface area (TPSA) is 94.5 Å². The molecule has 8 heteroatoms. The molecule has 2 aromatic heterocycles. The third-order valence-corrected chi connectivity index (χ3v) is 2.74. The fourth-order valence-corrected chi connectivity index (χ4v) is 1.47. The van der Waals surface area contributed by atoms with Gasteiger partial charge in [-0.15, -0.1) is 0 Å². The van der Waals surface area contributed by atoms with Gasteiger partial charge in [0, 0.05) is 6.20 Å². The summed E-state index contributed by atoms with van der Waals surface area (Å²) in [7, 11) is 0. The van der Waals surface area contributed by atoms with E-state index in [9.17, 15) is 4.79 Å². The summed E-state index contributed by atoms with van der Waals surface area (Å²) in [6, 6.07) is 3.27. The quantitative estimate of drug-likeness (QED) is 0.826. The smallest absolute Gasteiger partial charge is 0.258 e. The summed E-state index contributed by atoms with van der Waals surface area (Å²) in [5, 5.41) is 17.7. The number of halogens is 2. The third-order valence-electron chi connectivity index (χ3n) is 2.06. The summed E-state index contributed by atoms with van der Waals surface area (Å²) < 4.78 is 0. The van der Waals surface area contributed by atoms with E-state index in [0.717, 1.165) is 0 Å². The Labute approximate surface area is 112 Å². The molecule has 0 aliphatic carbocycles. The number of H-pyrrole nitrogens is 1. The molecule has 0 saturated heterocycles. The number of anilines is 1. The van der Waals surface area contributed by atoms with Crippen molar-refractivity contribution < 1.29 is 4.79 Å². The zero-order chi connectivity index (χ0) is 13.1. The highest BCUT2D eigenvalue weighted by Crippen LogP contribution is 2.20. The molecule has 0 saturated carbocycles. The Balaban J connectivity index is 2.23. The Bertz CT molecular complexity index is 646. The van der Waals surface area contributed by atoms with E-state index in [1.807, 2.05) is 6.07 Å². The fourth-order valence-electron chi connectivity index (χ4n) is 1.20. The van der Waals surface area contributed by atoms with Gasteiger partial charge in [0.2, 0.25) is 0 Å². The molecule has 0 radical (unpaired) electrons. The first-order chi connectivity index (χ1) is 8.61. The van der Waals surface area contributed by atoms with Gasteiger partial charge in [-0.1, -0.05) is 23.2 Å². The second-order valence-electron chi connectivity index (χ2n) is 3.22. The average molecular weight is 282 g/mol. The van der Waals surface area contributed by atoms with Crippen LogP contribution in [0, 0.1) is 11.3 Å². The molecule has 0 aliphatic heterocycles. The zero-order valence-electron chi connectivity index (χ0n) is 8.74. The van der Waals surface area contributed by atoms with Gasteiger partial charge in [0.1, 0.15) is 22.6 Å². The lowest BCUT2D eigenvalue weighted by Gasteiger charge is -2.03. The molecular formula is C10H5Cl2N5O. The van der Waals surface area contributed by atoms with Crippen LogP contribution < -0.4 is 5.32 Å². The number of amides is 1. The molecule has 18 heavy (non-hydrogen) atoms. The summed E-state index contributed by atoms with van der Waals surface area (Å²) >= 11 is 11.4. The summed E-state index contributed by atoms with van der Waals surface area (Å²) in [6.45, 7) is 0. The van der Waals surface area contributed by atoms with E-state index < -0.39 is 5.91 Å². The number of nitrogens with zero attached hydrogens (tertiary/aromatic N) is 3. The summed E-state index contributed by atoms with van der Waals surface area (Å²) in [4.78, 5) is 15.6. The number of carbonyl (C=O) groups excluding carboxylic acids is 1. The van der Waals surface area contributed by atoms with Crippen molar-refractivity contribution in [3.8, 4) is 6.07 Å². The lowest BCUT2D eigenvalue weighted by molar-refractivity contribution is 0.102. The van der Waals surface area contributed by atoms with E-state index in [4.69, 9.17) is 28.5 Å². The predicted molar refractivity (Wildman–Crippen MR) is 65.5 cm³/mol. The van der Waals surface area contributed by atoms with Crippen LogP contribution in [0.25, 0.3) is 0 Å². The van der Waals surface area contributed by atoms with E-state index in [2.05, 4.69) is 20.5 Å². The molecule has 0 aromatic carbocycles. The van der Waals surface area contributed by atoms with Crippen molar-refractivity contribution in [1.29, 1.82) is 5.26 Å². The Morgan fingerprint density at radius 3 is 2.89 bits per heavy atom. The molecule has 0 aliphatic rings. The van der Waals surface area contributed by atoms with Crippen LogP contribution in [0.15, 0.2) is 18.5 Å². The van der Waals surface area contributed by atoms with Gasteiger partial charge >= 0.3 is 0 Å². The van der Waals surface area contributed by atoms with Gasteiger partial charge in [-0.25, -0.2) is 4.98 Å². The van der Waals surface area contributed by atoms with Crippen LogP contribution in [-0.4, -0.2) is 21.1 Å². The van der Waals surface area contributed by atoms with Gasteiger partial charge in [-0.3, -0.25) is 9.89 Å². The minimum atomic E-state index is -0.471. The number of pyridine rings is 1. The first-order valence-corrected chi connectivity index (χ1v) is 5.43. The van der Waals surface area contributed by atoms with Crippen molar-refractivity contribution in [3.63, 3.8) is 0 Å². The van der Waals surface area contributed by atoms with Gasteiger partial charge in [0.25, 0.3) is 5.91 Å². The van der Waals surface area contributed by atoms with E-state index in [1.165, 1.54) is 18.5 Å². The summed E-state index contributed by atoms with van der Waals surface area (Å²) in [6.07, 6.45) is 2.59. The number of hydrogen-bond acceptors (Lipinski definition) is 4. The third kappa shape index (κ3) is 2.42. The average Bonchev–Trinajstić information content (AvgIpc) is 2.79. The van der Waals surface area contributed by atoms with E-state index in [-0.39, 0.29) is 27.1 Å². The highest BCUT2D eigenvalue weighted by molar-refractivity contribution is 6.41. The molecule has 2 rings (SSSR count). The standard InChI is InChI=1S/C10H5Cl2N5O/c11-7-1-5(3-14-8(7)12)10(18)16-9-6(2-13)4-15-17-9/h1,3-4H,(H2,15,16,17,18). The van der Waals surface area contributed by atoms with Crippen LogP contribution in [-0.2, 0) is 0 Å². The van der Waals surface area contributed by atoms with Crippen LogP contribution >= 0.6 is 23.2 Å². The Morgan fingerprint density at radius 2 is 2.22 bits per heavy atom. The molecule has 0 unspecified atom stereocenters. The molecular weight excluding hydrogens is 277 g/mol. The second-order valence-corrected chi connectivity index (χ2v) is 3.99. The predicted octanol–water partition coefficient (Wildman–Crippen LogP) is 2.24. The maximum absolute atomic E-state index is 11.8. The van der Waals surface area contributed by atoms with Crippen molar-refractivity contribution in [3.05, 3.63) is 39.8 Å². The minimum absolute atomic E-state index is 0.118. The van der Waals surface area contributed by atoms with Crippen molar-refractivity contribution in [1.82, 2.24) is 15.2 Å². The minimum Gasteiger partial charge on any atom is -0.306 e. The largest absolute Gasteiger partial charge is 0.306 e. The van der Waals surface area contributed by atoms with Gasteiger partial charge in [-0.05, 0) is 6.07 Å². The van der Waals surface area contributed by atoms with Crippen molar-refractivity contribution >= 4 is 34.9 Å². The summed E-state index contributed by atoms with van der Waals surface area (Å²) in [5.41, 5.74) is 0.458. The van der Waals surface area contributed by atoms with Gasteiger partial charge in [0.05, 0.1) is 16.8 Å². The van der Waals surface area contributed by atoms with Crippen LogP contribution in [0.4, 0.5) is 5.82 Å². The second kappa shape index (κ2) is 5.04. The van der Waals surface area contributed by atoms with Crippen LogP contribution in [0.5, 0.6) is 0 Å². The molecule has 6 nitrogen and oxygen atoms in total. The van der Waals surface area contributed by atoms with Gasteiger partial charge in [0.15, 0.2) is 0 Å². The van der Waals surface area contributed by atoms with Crippen molar-refractivity contribution in [2.24, 2.45) is 0 Å².